The molecule has 1 heterocycles. The van der Waals surface area contributed by atoms with Crippen molar-refractivity contribution in [1.29, 1.82) is 0 Å². The Bertz CT molecular complexity index is 359. The van der Waals surface area contributed by atoms with Crippen LogP contribution in [0.15, 0.2) is 30.3 Å². The molecule has 0 aliphatic carbocycles. The Labute approximate surface area is 99.3 Å². The van der Waals surface area contributed by atoms with Crippen LogP contribution in [0.2, 0.25) is 0 Å². The minimum Gasteiger partial charge on any atom is -0.394 e. The van der Waals surface area contributed by atoms with Gasteiger partial charge in [0.15, 0.2) is 0 Å². The molecule has 94 valence electrons. The van der Waals surface area contributed by atoms with E-state index in [9.17, 15) is 15.3 Å². The van der Waals surface area contributed by atoms with Crippen LogP contribution < -0.4 is 5.32 Å². The predicted molar refractivity (Wildman–Crippen MR) is 61.2 cm³/mol. The smallest absolute Gasteiger partial charge is 0.101 e. The summed E-state index contributed by atoms with van der Waals surface area (Å²) in [7, 11) is 0. The summed E-state index contributed by atoms with van der Waals surface area (Å²) in [5.41, 5.74) is 0.840. The van der Waals surface area contributed by atoms with Crippen LogP contribution in [0.25, 0.3) is 0 Å². The van der Waals surface area contributed by atoms with Gasteiger partial charge >= 0.3 is 0 Å². The van der Waals surface area contributed by atoms with Crippen molar-refractivity contribution in [2.24, 2.45) is 0 Å². The predicted octanol–water partition coefficient (Wildman–Crippen LogP) is -1.23. The summed E-state index contributed by atoms with van der Waals surface area (Å²) in [6, 6.07) is 8.06. The van der Waals surface area contributed by atoms with Crippen LogP contribution >= 0.6 is 0 Å². The lowest BCUT2D eigenvalue weighted by Gasteiger charge is -2.19. The topological polar surface area (TPSA) is 93.0 Å². The van der Waals surface area contributed by atoms with Crippen LogP contribution in [-0.2, 0) is 0 Å². The molecule has 0 saturated carbocycles. The average Bonchev–Trinajstić information content (AvgIpc) is 2.67. The Morgan fingerprint density at radius 3 is 2.35 bits per heavy atom. The van der Waals surface area contributed by atoms with Gasteiger partial charge in [0.25, 0.3) is 0 Å². The fraction of sp³-hybridized carbons (Fsp3) is 0.500. The van der Waals surface area contributed by atoms with Crippen molar-refractivity contribution < 1.29 is 20.4 Å². The highest BCUT2D eigenvalue weighted by atomic mass is 16.3. The van der Waals surface area contributed by atoms with Gasteiger partial charge in [-0.05, 0) is 5.56 Å². The van der Waals surface area contributed by atoms with Gasteiger partial charge < -0.3 is 20.4 Å². The number of rotatable bonds is 3. The fourth-order valence-corrected chi connectivity index (χ4v) is 2.22. The molecule has 0 bridgehead atoms. The van der Waals surface area contributed by atoms with Crippen molar-refractivity contribution in [3.63, 3.8) is 0 Å². The van der Waals surface area contributed by atoms with E-state index < -0.39 is 37.0 Å². The summed E-state index contributed by atoms with van der Waals surface area (Å²) in [6.45, 7) is -0.455. The van der Waals surface area contributed by atoms with Crippen molar-refractivity contribution in [3.8, 4) is 0 Å². The van der Waals surface area contributed by atoms with Gasteiger partial charge in [0.2, 0.25) is 0 Å². The first-order valence-corrected chi connectivity index (χ1v) is 5.61. The van der Waals surface area contributed by atoms with E-state index in [-0.39, 0.29) is 0 Å². The number of hydrogen-bond donors (Lipinski definition) is 5. The monoisotopic (exact) mass is 239 g/mol. The zero-order valence-corrected chi connectivity index (χ0v) is 9.27. The molecule has 5 heteroatoms. The van der Waals surface area contributed by atoms with Crippen LogP contribution in [0, 0.1) is 0 Å². The van der Waals surface area contributed by atoms with Crippen molar-refractivity contribution in [2.75, 3.05) is 6.61 Å². The number of aliphatic hydroxyl groups is 4. The van der Waals surface area contributed by atoms with Crippen LogP contribution in [0.3, 0.4) is 0 Å². The van der Waals surface area contributed by atoms with Crippen molar-refractivity contribution in [3.05, 3.63) is 35.9 Å². The molecule has 5 atom stereocenters. The maximum atomic E-state index is 9.92. The second-order valence-electron chi connectivity index (χ2n) is 4.31. The molecule has 1 saturated heterocycles. The lowest BCUT2D eigenvalue weighted by atomic mass is 10.00. The third-order valence-electron chi connectivity index (χ3n) is 3.19. The molecule has 5 nitrogen and oxygen atoms in total. The number of hydrogen-bond acceptors (Lipinski definition) is 5. The lowest BCUT2D eigenvalue weighted by molar-refractivity contribution is -0.0130. The van der Waals surface area contributed by atoms with E-state index in [1.807, 2.05) is 30.3 Å². The first-order chi connectivity index (χ1) is 8.15. The second kappa shape index (κ2) is 5.12. The van der Waals surface area contributed by atoms with Gasteiger partial charge in [0, 0.05) is 0 Å². The highest BCUT2D eigenvalue weighted by molar-refractivity contribution is 5.23. The third-order valence-corrected chi connectivity index (χ3v) is 3.19. The second-order valence-corrected chi connectivity index (χ2v) is 4.31. The quantitative estimate of drug-likeness (QED) is 0.456. The van der Waals surface area contributed by atoms with Gasteiger partial charge in [0.05, 0.1) is 30.9 Å². The molecule has 1 aliphatic rings. The van der Waals surface area contributed by atoms with Crippen molar-refractivity contribution in [2.45, 2.75) is 30.4 Å². The summed E-state index contributed by atoms with van der Waals surface area (Å²) in [6.07, 6.45) is -3.18. The molecular weight excluding hydrogens is 222 g/mol. The minimum atomic E-state index is -1.10. The van der Waals surface area contributed by atoms with E-state index in [2.05, 4.69) is 5.32 Å². The molecule has 2 rings (SSSR count). The van der Waals surface area contributed by atoms with Crippen molar-refractivity contribution >= 4 is 0 Å². The van der Waals surface area contributed by atoms with Crippen LogP contribution in [0.1, 0.15) is 11.6 Å². The van der Waals surface area contributed by atoms with Crippen LogP contribution in [-0.4, -0.2) is 51.4 Å². The Balaban J connectivity index is 2.17. The highest BCUT2D eigenvalue weighted by Gasteiger charge is 2.44. The summed E-state index contributed by atoms with van der Waals surface area (Å²) in [4.78, 5) is 0. The molecule has 0 radical (unpaired) electrons. The SMILES string of the molecule is OCC(O)[C@H]1N[C@@H](c2ccccc2)[C@H](O)[C@H]1O. The fourth-order valence-electron chi connectivity index (χ4n) is 2.22. The van der Waals surface area contributed by atoms with Gasteiger partial charge in [-0.1, -0.05) is 30.3 Å². The van der Waals surface area contributed by atoms with Crippen LogP contribution in [0.5, 0.6) is 0 Å². The van der Waals surface area contributed by atoms with Crippen molar-refractivity contribution in [1.82, 2.24) is 5.32 Å². The first-order valence-electron chi connectivity index (χ1n) is 5.61. The Morgan fingerprint density at radius 2 is 1.76 bits per heavy atom. The molecule has 1 aromatic rings. The van der Waals surface area contributed by atoms with E-state index in [4.69, 9.17) is 5.11 Å². The summed E-state index contributed by atoms with van der Waals surface area (Å²) in [5.74, 6) is 0. The normalized spacial score (nSPS) is 34.8. The van der Waals surface area contributed by atoms with Gasteiger partial charge in [0.1, 0.15) is 6.10 Å². The van der Waals surface area contributed by atoms with E-state index in [1.54, 1.807) is 0 Å². The molecule has 0 amide bonds. The zero-order chi connectivity index (χ0) is 12.4. The average molecular weight is 239 g/mol. The molecule has 1 fully saturated rings. The molecule has 1 unspecified atom stereocenters. The third kappa shape index (κ3) is 2.34. The van der Waals surface area contributed by atoms with Gasteiger partial charge in [-0.15, -0.1) is 0 Å². The number of aliphatic hydroxyl groups excluding tert-OH is 4. The van der Waals surface area contributed by atoms with Gasteiger partial charge in [-0.25, -0.2) is 0 Å². The summed E-state index contributed by atoms with van der Waals surface area (Å²) in [5, 5.41) is 41.1. The number of nitrogens with one attached hydrogen (secondary N) is 1. The summed E-state index contributed by atoms with van der Waals surface area (Å²) < 4.78 is 0. The Hall–Kier alpha value is -0.980. The largest absolute Gasteiger partial charge is 0.394 e. The van der Waals surface area contributed by atoms with Gasteiger partial charge in [-0.2, -0.15) is 0 Å². The molecule has 1 aliphatic heterocycles. The van der Waals surface area contributed by atoms with Crippen LogP contribution in [0.4, 0.5) is 0 Å². The maximum absolute atomic E-state index is 9.92. The van der Waals surface area contributed by atoms with Gasteiger partial charge in [-0.3, -0.25) is 5.32 Å². The maximum Gasteiger partial charge on any atom is 0.101 e. The first kappa shape index (κ1) is 12.5. The molecule has 0 aromatic heterocycles. The minimum absolute atomic E-state index is 0.433. The molecule has 1 aromatic carbocycles. The van der Waals surface area contributed by atoms with E-state index in [0.717, 1.165) is 5.56 Å². The highest BCUT2D eigenvalue weighted by Crippen LogP contribution is 2.28. The van der Waals surface area contributed by atoms with E-state index in [1.165, 1.54) is 0 Å². The lowest BCUT2D eigenvalue weighted by Crippen LogP contribution is -2.44. The van der Waals surface area contributed by atoms with E-state index in [0.29, 0.717) is 0 Å². The zero-order valence-electron chi connectivity index (χ0n) is 9.27. The summed E-state index contributed by atoms with van der Waals surface area (Å²) >= 11 is 0. The molecule has 0 spiro atoms. The Kier molecular flexibility index (Phi) is 3.76. The molecular formula is C12H17NO4. The Morgan fingerprint density at radius 1 is 1.12 bits per heavy atom. The molecule has 17 heavy (non-hydrogen) atoms. The van der Waals surface area contributed by atoms with E-state index >= 15 is 0 Å². The molecule has 5 N–H and O–H groups in total. The number of benzene rings is 1. The standard InChI is InChI=1S/C12H17NO4/c14-6-8(15)10-12(17)11(16)9(13-10)7-4-2-1-3-5-7/h1-5,8-17H,6H2/t8?,9-,10+,11-,12-/m0/s1.